The summed E-state index contributed by atoms with van der Waals surface area (Å²) in [5.41, 5.74) is 0. The van der Waals surface area contributed by atoms with Crippen LogP contribution in [-0.4, -0.2) is 26.7 Å². The van der Waals surface area contributed by atoms with E-state index in [0.717, 1.165) is 19.4 Å². The van der Waals surface area contributed by atoms with Crippen molar-refractivity contribution in [2.75, 3.05) is 20.7 Å². The smallest absolute Gasteiger partial charge is 0.305 e. The van der Waals surface area contributed by atoms with E-state index < -0.39 is 0 Å². The Balaban J connectivity index is 0. The molecule has 0 bridgehead atoms. The number of carbonyl (C=O) groups is 1. The lowest BCUT2D eigenvalue weighted by molar-refractivity contribution is -0.140. The molecule has 0 aromatic rings. The van der Waals surface area contributed by atoms with Gasteiger partial charge in [0.05, 0.1) is 7.11 Å². The van der Waals surface area contributed by atoms with Crippen molar-refractivity contribution in [2.45, 2.75) is 32.1 Å². The average Bonchev–Trinajstić information content (AvgIpc) is 2.10. The molecular formula is C9H20ClNO2. The molecule has 0 heterocycles. The Bertz CT molecular complexity index is 120. The number of nitrogens with one attached hydrogen (secondary N) is 1. The average molecular weight is 210 g/mol. The van der Waals surface area contributed by atoms with Gasteiger partial charge >= 0.3 is 5.97 Å². The standard InChI is InChI=1S/C9H19NO2.ClH/c1-10-8-6-4-3-5-7-9(11)12-2;/h10H,3-8H2,1-2H3;1H. The monoisotopic (exact) mass is 209 g/mol. The Morgan fingerprint density at radius 2 is 1.85 bits per heavy atom. The zero-order valence-electron chi connectivity index (χ0n) is 8.47. The van der Waals surface area contributed by atoms with Crippen LogP contribution in [0.1, 0.15) is 32.1 Å². The molecule has 0 radical (unpaired) electrons. The summed E-state index contributed by atoms with van der Waals surface area (Å²) < 4.78 is 4.53. The third-order valence-corrected chi connectivity index (χ3v) is 1.79. The molecule has 0 atom stereocenters. The predicted octanol–water partition coefficient (Wildman–Crippen LogP) is 1.75. The normalized spacial score (nSPS) is 9.08. The van der Waals surface area contributed by atoms with Crippen LogP contribution >= 0.6 is 12.4 Å². The number of rotatable bonds is 7. The van der Waals surface area contributed by atoms with Gasteiger partial charge < -0.3 is 10.1 Å². The van der Waals surface area contributed by atoms with Crippen LogP contribution in [0.3, 0.4) is 0 Å². The highest BCUT2D eigenvalue weighted by molar-refractivity contribution is 5.85. The second kappa shape index (κ2) is 11.7. The summed E-state index contributed by atoms with van der Waals surface area (Å²) in [5.74, 6) is -0.0939. The van der Waals surface area contributed by atoms with Crippen molar-refractivity contribution >= 4 is 18.4 Å². The van der Waals surface area contributed by atoms with Crippen molar-refractivity contribution in [1.82, 2.24) is 5.32 Å². The molecule has 0 amide bonds. The lowest BCUT2D eigenvalue weighted by Gasteiger charge is -2.00. The summed E-state index contributed by atoms with van der Waals surface area (Å²) in [6.07, 6.45) is 5.03. The Kier molecular flexibility index (Phi) is 13.7. The molecule has 4 heteroatoms. The van der Waals surface area contributed by atoms with Crippen molar-refractivity contribution in [3.05, 3.63) is 0 Å². The first-order valence-corrected chi connectivity index (χ1v) is 4.52. The quantitative estimate of drug-likeness (QED) is 0.513. The molecule has 13 heavy (non-hydrogen) atoms. The Labute approximate surface area is 86.6 Å². The van der Waals surface area contributed by atoms with E-state index in [2.05, 4.69) is 10.1 Å². The fourth-order valence-corrected chi connectivity index (χ4v) is 1.03. The molecule has 0 spiro atoms. The Morgan fingerprint density at radius 3 is 2.38 bits per heavy atom. The molecule has 0 fully saturated rings. The third kappa shape index (κ3) is 11.7. The van der Waals surface area contributed by atoms with E-state index in [1.807, 2.05) is 7.05 Å². The molecule has 0 aromatic heterocycles. The number of unbranched alkanes of at least 4 members (excludes halogenated alkanes) is 3. The topological polar surface area (TPSA) is 38.3 Å². The van der Waals surface area contributed by atoms with E-state index in [1.165, 1.54) is 20.0 Å². The van der Waals surface area contributed by atoms with Crippen molar-refractivity contribution in [1.29, 1.82) is 0 Å². The lowest BCUT2D eigenvalue weighted by Crippen LogP contribution is -2.07. The minimum atomic E-state index is -0.0939. The fourth-order valence-electron chi connectivity index (χ4n) is 1.03. The van der Waals surface area contributed by atoms with Crippen molar-refractivity contribution in [2.24, 2.45) is 0 Å². The zero-order chi connectivity index (χ0) is 9.23. The van der Waals surface area contributed by atoms with Crippen LogP contribution in [0, 0.1) is 0 Å². The summed E-state index contributed by atoms with van der Waals surface area (Å²) >= 11 is 0. The first kappa shape index (κ1) is 15.2. The van der Waals surface area contributed by atoms with Crippen LogP contribution in [-0.2, 0) is 9.53 Å². The number of halogens is 1. The van der Waals surface area contributed by atoms with E-state index in [1.54, 1.807) is 0 Å². The molecule has 0 aliphatic rings. The molecule has 0 unspecified atom stereocenters. The molecule has 0 aliphatic heterocycles. The third-order valence-electron chi connectivity index (χ3n) is 1.79. The minimum Gasteiger partial charge on any atom is -0.469 e. The summed E-state index contributed by atoms with van der Waals surface area (Å²) in [6.45, 7) is 1.07. The van der Waals surface area contributed by atoms with Crippen LogP contribution in [0.4, 0.5) is 0 Å². The van der Waals surface area contributed by atoms with E-state index in [0.29, 0.717) is 6.42 Å². The summed E-state index contributed by atoms with van der Waals surface area (Å²) in [5, 5.41) is 3.09. The van der Waals surface area contributed by atoms with Gasteiger partial charge in [-0.3, -0.25) is 4.79 Å². The van der Waals surface area contributed by atoms with Gasteiger partial charge in [-0.15, -0.1) is 12.4 Å². The first-order chi connectivity index (χ1) is 5.81. The number of esters is 1. The van der Waals surface area contributed by atoms with Crippen LogP contribution in [0.25, 0.3) is 0 Å². The zero-order valence-corrected chi connectivity index (χ0v) is 9.28. The van der Waals surface area contributed by atoms with E-state index in [4.69, 9.17) is 0 Å². The van der Waals surface area contributed by atoms with Gasteiger partial charge in [-0.25, -0.2) is 0 Å². The van der Waals surface area contributed by atoms with Gasteiger partial charge in [-0.2, -0.15) is 0 Å². The van der Waals surface area contributed by atoms with E-state index >= 15 is 0 Å². The fraction of sp³-hybridized carbons (Fsp3) is 0.889. The number of methoxy groups -OCH3 is 1. The summed E-state index contributed by atoms with van der Waals surface area (Å²) in [4.78, 5) is 10.7. The summed E-state index contributed by atoms with van der Waals surface area (Å²) in [6, 6.07) is 0. The number of ether oxygens (including phenoxy) is 1. The van der Waals surface area contributed by atoms with E-state index in [-0.39, 0.29) is 18.4 Å². The molecule has 1 N–H and O–H groups in total. The molecule has 0 aliphatic carbocycles. The van der Waals surface area contributed by atoms with Crippen LogP contribution in [0.5, 0.6) is 0 Å². The molecule has 80 valence electrons. The highest BCUT2D eigenvalue weighted by Gasteiger charge is 1.98. The molecule has 0 saturated carbocycles. The minimum absolute atomic E-state index is 0. The Hall–Kier alpha value is -0.280. The van der Waals surface area contributed by atoms with Crippen molar-refractivity contribution < 1.29 is 9.53 Å². The number of hydrogen-bond acceptors (Lipinski definition) is 3. The van der Waals surface area contributed by atoms with Gasteiger partial charge in [-0.1, -0.05) is 12.8 Å². The number of hydrogen-bond donors (Lipinski definition) is 1. The van der Waals surface area contributed by atoms with Gasteiger partial charge in [-0.05, 0) is 26.4 Å². The highest BCUT2D eigenvalue weighted by atomic mass is 35.5. The van der Waals surface area contributed by atoms with Crippen LogP contribution in [0.2, 0.25) is 0 Å². The maximum atomic E-state index is 10.7. The molecular weight excluding hydrogens is 190 g/mol. The second-order valence-electron chi connectivity index (χ2n) is 2.84. The van der Waals surface area contributed by atoms with Crippen LogP contribution < -0.4 is 5.32 Å². The van der Waals surface area contributed by atoms with Gasteiger partial charge in [0.1, 0.15) is 0 Å². The number of carbonyl (C=O) groups excluding carboxylic acids is 1. The second-order valence-corrected chi connectivity index (χ2v) is 2.84. The van der Waals surface area contributed by atoms with E-state index in [9.17, 15) is 4.79 Å². The van der Waals surface area contributed by atoms with Gasteiger partial charge in [0, 0.05) is 6.42 Å². The maximum Gasteiger partial charge on any atom is 0.305 e. The van der Waals surface area contributed by atoms with Crippen molar-refractivity contribution in [3.8, 4) is 0 Å². The highest BCUT2D eigenvalue weighted by Crippen LogP contribution is 2.02. The molecule has 0 saturated heterocycles. The maximum absolute atomic E-state index is 10.7. The van der Waals surface area contributed by atoms with Gasteiger partial charge in [0.15, 0.2) is 0 Å². The molecule has 3 nitrogen and oxygen atoms in total. The molecule has 0 rings (SSSR count). The molecule has 0 aromatic carbocycles. The van der Waals surface area contributed by atoms with Crippen LogP contribution in [0.15, 0.2) is 0 Å². The Morgan fingerprint density at radius 1 is 1.23 bits per heavy atom. The summed E-state index contributed by atoms with van der Waals surface area (Å²) in [7, 11) is 3.39. The first-order valence-electron chi connectivity index (χ1n) is 4.52. The van der Waals surface area contributed by atoms with Gasteiger partial charge in [0.2, 0.25) is 0 Å². The predicted molar refractivity (Wildman–Crippen MR) is 56.3 cm³/mol. The SMILES string of the molecule is CNCCCCCCC(=O)OC.Cl. The largest absolute Gasteiger partial charge is 0.469 e. The van der Waals surface area contributed by atoms with Crippen molar-refractivity contribution in [3.63, 3.8) is 0 Å². The van der Waals surface area contributed by atoms with Gasteiger partial charge in [0.25, 0.3) is 0 Å². The lowest BCUT2D eigenvalue weighted by atomic mass is 10.1.